The lowest BCUT2D eigenvalue weighted by molar-refractivity contribution is -0.125. The smallest absolute Gasteiger partial charge is 0.223 e. The lowest BCUT2D eigenvalue weighted by atomic mass is 9.97. The van der Waals surface area contributed by atoms with E-state index in [4.69, 9.17) is 0 Å². The molecule has 2 rings (SSSR count). The predicted molar refractivity (Wildman–Crippen MR) is 94.5 cm³/mol. The Kier molecular flexibility index (Phi) is 5.95. The van der Waals surface area contributed by atoms with E-state index in [-0.39, 0.29) is 17.6 Å². The molecule has 25 heavy (non-hydrogen) atoms. The first-order valence-electron chi connectivity index (χ1n) is 8.43. The Hall–Kier alpha value is -2.21. The van der Waals surface area contributed by atoms with E-state index < -0.39 is 12.1 Å². The summed E-state index contributed by atoms with van der Waals surface area (Å²) in [5.74, 6) is -0.732. The maximum absolute atomic E-state index is 13.0. The highest BCUT2D eigenvalue weighted by Crippen LogP contribution is 2.19. The summed E-state index contributed by atoms with van der Waals surface area (Å²) >= 11 is 0. The Morgan fingerprint density at radius 1 is 1.28 bits per heavy atom. The third-order valence-electron chi connectivity index (χ3n) is 4.67. The Morgan fingerprint density at radius 3 is 2.40 bits per heavy atom. The molecule has 0 aliphatic rings. The second kappa shape index (κ2) is 7.78. The lowest BCUT2D eigenvalue weighted by Crippen LogP contribution is -2.40. The Morgan fingerprint density at radius 2 is 1.88 bits per heavy atom. The quantitative estimate of drug-likeness (QED) is 0.844. The normalized spacial score (nSPS) is 14.8. The Labute approximate surface area is 147 Å². The second-order valence-electron chi connectivity index (χ2n) is 6.67. The lowest BCUT2D eigenvalue weighted by Gasteiger charge is -2.22. The van der Waals surface area contributed by atoms with Gasteiger partial charge in [-0.2, -0.15) is 5.10 Å². The maximum atomic E-state index is 13.0. The monoisotopic (exact) mass is 347 g/mol. The number of amides is 1. The molecular weight excluding hydrogens is 321 g/mol. The van der Waals surface area contributed by atoms with Gasteiger partial charge in [0.2, 0.25) is 5.91 Å². The molecule has 0 aliphatic heterocycles. The molecule has 3 unspecified atom stereocenters. The fourth-order valence-corrected chi connectivity index (χ4v) is 2.91. The zero-order chi connectivity index (χ0) is 18.7. The molecule has 1 aromatic heterocycles. The van der Waals surface area contributed by atoms with Crippen molar-refractivity contribution >= 4 is 5.91 Å². The van der Waals surface area contributed by atoms with Crippen molar-refractivity contribution in [3.8, 4) is 0 Å². The van der Waals surface area contributed by atoms with Gasteiger partial charge in [0, 0.05) is 18.7 Å². The minimum atomic E-state index is -0.890. The summed E-state index contributed by atoms with van der Waals surface area (Å²) in [7, 11) is 1.89. The highest BCUT2D eigenvalue weighted by molar-refractivity contribution is 5.79. The molecule has 0 saturated heterocycles. The summed E-state index contributed by atoms with van der Waals surface area (Å²) in [4.78, 5) is 12.5. The third kappa shape index (κ3) is 4.45. The standard InChI is InChI=1S/C19H26FN3O2/c1-11(10-17-12(2)22-23(5)14(17)4)19(25)21-13(3)18(24)15-6-8-16(20)9-7-15/h6-9,11,13,18,24H,10H2,1-5H3,(H,21,25). The number of rotatable bonds is 6. The number of aliphatic hydroxyl groups excluding tert-OH is 1. The number of benzene rings is 1. The minimum Gasteiger partial charge on any atom is -0.386 e. The van der Waals surface area contributed by atoms with Crippen LogP contribution in [0.2, 0.25) is 0 Å². The third-order valence-corrected chi connectivity index (χ3v) is 4.67. The molecule has 1 aromatic carbocycles. The maximum Gasteiger partial charge on any atom is 0.223 e. The van der Waals surface area contributed by atoms with Gasteiger partial charge in [0.15, 0.2) is 0 Å². The van der Waals surface area contributed by atoms with E-state index >= 15 is 0 Å². The highest BCUT2D eigenvalue weighted by Gasteiger charge is 2.23. The molecule has 136 valence electrons. The van der Waals surface area contributed by atoms with Crippen molar-refractivity contribution in [1.29, 1.82) is 0 Å². The molecule has 0 bridgehead atoms. The number of hydrogen-bond acceptors (Lipinski definition) is 3. The molecule has 3 atom stereocenters. The van der Waals surface area contributed by atoms with Crippen molar-refractivity contribution in [3.63, 3.8) is 0 Å². The molecule has 1 amide bonds. The van der Waals surface area contributed by atoms with Gasteiger partial charge in [-0.3, -0.25) is 9.48 Å². The second-order valence-corrected chi connectivity index (χ2v) is 6.67. The number of carbonyl (C=O) groups excluding carboxylic acids is 1. The largest absolute Gasteiger partial charge is 0.386 e. The van der Waals surface area contributed by atoms with Crippen molar-refractivity contribution in [2.75, 3.05) is 0 Å². The summed E-state index contributed by atoms with van der Waals surface area (Å²) in [5, 5.41) is 17.6. The Bertz CT molecular complexity index is 740. The van der Waals surface area contributed by atoms with Gasteiger partial charge < -0.3 is 10.4 Å². The van der Waals surface area contributed by atoms with E-state index in [1.54, 1.807) is 6.92 Å². The average molecular weight is 347 g/mol. The van der Waals surface area contributed by atoms with Gasteiger partial charge in [-0.05, 0) is 50.5 Å². The van der Waals surface area contributed by atoms with Gasteiger partial charge in [0.1, 0.15) is 5.82 Å². The van der Waals surface area contributed by atoms with E-state index in [0.717, 1.165) is 17.0 Å². The number of nitrogens with one attached hydrogen (secondary N) is 1. The topological polar surface area (TPSA) is 67.2 Å². The van der Waals surface area contributed by atoms with Crippen LogP contribution in [0.1, 0.15) is 42.5 Å². The van der Waals surface area contributed by atoms with E-state index in [1.165, 1.54) is 24.3 Å². The summed E-state index contributed by atoms with van der Waals surface area (Å²) in [5.41, 5.74) is 3.63. The number of halogens is 1. The molecule has 0 saturated carbocycles. The SMILES string of the molecule is Cc1nn(C)c(C)c1CC(C)C(=O)NC(C)C(O)c1ccc(F)cc1. The van der Waals surface area contributed by atoms with E-state index in [0.29, 0.717) is 12.0 Å². The zero-order valence-electron chi connectivity index (χ0n) is 15.4. The molecule has 0 fully saturated rings. The number of nitrogens with zero attached hydrogens (tertiary/aromatic N) is 2. The van der Waals surface area contributed by atoms with Crippen LogP contribution in [0.3, 0.4) is 0 Å². The number of aliphatic hydroxyl groups is 1. The molecule has 1 heterocycles. The molecule has 6 heteroatoms. The molecule has 2 aromatic rings. The molecule has 2 N–H and O–H groups in total. The summed E-state index contributed by atoms with van der Waals surface area (Å²) < 4.78 is 14.8. The molecule has 5 nitrogen and oxygen atoms in total. The zero-order valence-corrected chi connectivity index (χ0v) is 15.4. The van der Waals surface area contributed by atoms with Crippen LogP contribution < -0.4 is 5.32 Å². The number of carbonyl (C=O) groups is 1. The van der Waals surface area contributed by atoms with Crippen LogP contribution in [0.25, 0.3) is 0 Å². The molecule has 0 aliphatic carbocycles. The van der Waals surface area contributed by atoms with Crippen LogP contribution in [0.4, 0.5) is 4.39 Å². The van der Waals surface area contributed by atoms with E-state index in [2.05, 4.69) is 10.4 Å². The first-order chi connectivity index (χ1) is 11.7. The van der Waals surface area contributed by atoms with Crippen LogP contribution in [0.15, 0.2) is 24.3 Å². The van der Waals surface area contributed by atoms with E-state index in [9.17, 15) is 14.3 Å². The van der Waals surface area contributed by atoms with Gasteiger partial charge >= 0.3 is 0 Å². The van der Waals surface area contributed by atoms with Crippen LogP contribution in [-0.2, 0) is 18.3 Å². The molecular formula is C19H26FN3O2. The molecule has 0 spiro atoms. The van der Waals surface area contributed by atoms with Crippen LogP contribution in [0, 0.1) is 25.6 Å². The summed E-state index contributed by atoms with van der Waals surface area (Å²) in [6.07, 6.45) is -0.296. The van der Waals surface area contributed by atoms with Gasteiger partial charge in [-0.15, -0.1) is 0 Å². The van der Waals surface area contributed by atoms with Crippen LogP contribution in [-0.4, -0.2) is 26.8 Å². The van der Waals surface area contributed by atoms with Crippen molar-refractivity contribution < 1.29 is 14.3 Å². The van der Waals surface area contributed by atoms with E-state index in [1.807, 2.05) is 32.5 Å². The van der Waals surface area contributed by atoms with Gasteiger partial charge in [0.05, 0.1) is 17.8 Å². The van der Waals surface area contributed by atoms with Gasteiger partial charge in [-0.1, -0.05) is 19.1 Å². The first-order valence-corrected chi connectivity index (χ1v) is 8.43. The van der Waals surface area contributed by atoms with Crippen molar-refractivity contribution in [1.82, 2.24) is 15.1 Å². The predicted octanol–water partition coefficient (Wildman–Crippen LogP) is 2.59. The first kappa shape index (κ1) is 19.1. The van der Waals surface area contributed by atoms with Gasteiger partial charge in [0.25, 0.3) is 0 Å². The minimum absolute atomic E-state index is 0.128. The number of aryl methyl sites for hydroxylation is 2. The summed E-state index contributed by atoms with van der Waals surface area (Å²) in [6, 6.07) is 5.16. The molecule has 0 radical (unpaired) electrons. The number of aromatic nitrogens is 2. The highest BCUT2D eigenvalue weighted by atomic mass is 19.1. The number of hydrogen-bond donors (Lipinski definition) is 2. The summed E-state index contributed by atoms with van der Waals surface area (Å²) in [6.45, 7) is 7.52. The fourth-order valence-electron chi connectivity index (χ4n) is 2.91. The Balaban J connectivity index is 1.99. The van der Waals surface area contributed by atoms with Crippen LogP contribution in [0.5, 0.6) is 0 Å². The van der Waals surface area contributed by atoms with Crippen molar-refractivity contribution in [2.45, 2.75) is 46.3 Å². The van der Waals surface area contributed by atoms with Crippen LogP contribution >= 0.6 is 0 Å². The average Bonchev–Trinajstić information content (AvgIpc) is 2.81. The van der Waals surface area contributed by atoms with Crippen molar-refractivity contribution in [2.24, 2.45) is 13.0 Å². The van der Waals surface area contributed by atoms with Gasteiger partial charge in [-0.25, -0.2) is 4.39 Å². The fraction of sp³-hybridized carbons (Fsp3) is 0.474. The van der Waals surface area contributed by atoms with Crippen molar-refractivity contribution in [3.05, 3.63) is 52.6 Å².